The Morgan fingerprint density at radius 3 is 2.81 bits per heavy atom. The summed E-state index contributed by atoms with van der Waals surface area (Å²) in [6.45, 7) is 4.73. The third-order valence-electron chi connectivity index (χ3n) is 5.52. The molecule has 1 fully saturated rings. The van der Waals surface area contributed by atoms with Crippen LogP contribution in [0.15, 0.2) is 42.6 Å². The second-order valence-electron chi connectivity index (χ2n) is 7.58. The van der Waals surface area contributed by atoms with Gasteiger partial charge in [-0.2, -0.15) is 0 Å². The van der Waals surface area contributed by atoms with Gasteiger partial charge < -0.3 is 26.4 Å². The molecule has 0 aliphatic carbocycles. The first-order chi connectivity index (χ1) is 15.6. The van der Waals surface area contributed by atoms with Crippen LogP contribution in [0.4, 0.5) is 17.3 Å². The number of rotatable bonds is 3. The number of phenolic OH excluding ortho intramolecular Hbond substituents is 1. The number of aromatic nitrogens is 4. The molecule has 0 saturated carbocycles. The Morgan fingerprint density at radius 2 is 2.00 bits per heavy atom. The molecule has 4 rings (SSSR count). The van der Waals surface area contributed by atoms with Gasteiger partial charge in [0.2, 0.25) is 5.82 Å². The molecular formula is C23H26N8O. The quantitative estimate of drug-likeness (QED) is 0.531. The van der Waals surface area contributed by atoms with E-state index in [1.165, 1.54) is 0 Å². The van der Waals surface area contributed by atoms with Crippen LogP contribution >= 0.6 is 0 Å². The minimum Gasteiger partial charge on any atom is -0.507 e. The zero-order valence-electron chi connectivity index (χ0n) is 17.9. The van der Waals surface area contributed by atoms with E-state index in [4.69, 9.17) is 11.5 Å². The number of benzene rings is 1. The molecule has 1 aliphatic rings. The van der Waals surface area contributed by atoms with Crippen molar-refractivity contribution in [1.29, 1.82) is 0 Å². The minimum absolute atomic E-state index is 0.158. The van der Waals surface area contributed by atoms with E-state index < -0.39 is 0 Å². The van der Waals surface area contributed by atoms with Gasteiger partial charge in [-0.05, 0) is 43.5 Å². The van der Waals surface area contributed by atoms with E-state index in [2.05, 4.69) is 48.7 Å². The van der Waals surface area contributed by atoms with Gasteiger partial charge in [-0.3, -0.25) is 0 Å². The number of hydrogen-bond acceptors (Lipinski definition) is 9. The van der Waals surface area contributed by atoms with Crippen molar-refractivity contribution < 1.29 is 5.11 Å². The van der Waals surface area contributed by atoms with Crippen molar-refractivity contribution in [3.63, 3.8) is 0 Å². The number of nitrogens with two attached hydrogens (primary N) is 2. The molecule has 1 aromatic carbocycles. The summed E-state index contributed by atoms with van der Waals surface area (Å²) in [5, 5.41) is 18.5. The summed E-state index contributed by atoms with van der Waals surface area (Å²) in [7, 11) is 0. The van der Waals surface area contributed by atoms with Gasteiger partial charge in [0.25, 0.3) is 0 Å². The van der Waals surface area contributed by atoms with E-state index in [1.807, 2.05) is 24.3 Å². The van der Waals surface area contributed by atoms with Crippen molar-refractivity contribution in [2.45, 2.75) is 19.4 Å². The lowest BCUT2D eigenvalue weighted by molar-refractivity contribution is 0.477. The molecule has 0 spiro atoms. The molecule has 0 radical (unpaired) electrons. The van der Waals surface area contributed by atoms with Gasteiger partial charge in [-0.25, -0.2) is 9.97 Å². The maximum Gasteiger partial charge on any atom is 0.206 e. The number of para-hydroxylation sites is 1. The molecule has 0 unspecified atom stereocenters. The van der Waals surface area contributed by atoms with E-state index in [1.54, 1.807) is 18.3 Å². The Morgan fingerprint density at radius 1 is 1.16 bits per heavy atom. The summed E-state index contributed by atoms with van der Waals surface area (Å²) in [5.74, 6) is 7.53. The lowest BCUT2D eigenvalue weighted by Gasteiger charge is -2.28. The highest BCUT2D eigenvalue weighted by Gasteiger charge is 2.24. The van der Waals surface area contributed by atoms with Crippen LogP contribution in [0, 0.1) is 11.8 Å². The summed E-state index contributed by atoms with van der Waals surface area (Å²) in [6, 6.07) is 11.1. The Labute approximate surface area is 187 Å². The van der Waals surface area contributed by atoms with Gasteiger partial charge in [-0.1, -0.05) is 18.1 Å². The van der Waals surface area contributed by atoms with Gasteiger partial charge >= 0.3 is 0 Å². The molecule has 3 heterocycles. The summed E-state index contributed by atoms with van der Waals surface area (Å²) in [4.78, 5) is 13.3. The minimum atomic E-state index is 0.158. The Kier molecular flexibility index (Phi) is 6.33. The van der Waals surface area contributed by atoms with E-state index in [9.17, 15) is 5.11 Å². The highest BCUT2D eigenvalue weighted by molar-refractivity contribution is 5.74. The van der Waals surface area contributed by atoms with Crippen molar-refractivity contribution in [2.75, 3.05) is 41.7 Å². The monoisotopic (exact) mass is 430 g/mol. The molecule has 2 aromatic heterocycles. The first-order valence-corrected chi connectivity index (χ1v) is 10.5. The lowest BCUT2D eigenvalue weighted by atomic mass is 10.1. The third kappa shape index (κ3) is 4.55. The first-order valence-electron chi connectivity index (χ1n) is 10.5. The first kappa shape index (κ1) is 21.3. The average molecular weight is 431 g/mol. The molecule has 1 atom stereocenters. The molecule has 0 amide bonds. The zero-order chi connectivity index (χ0) is 22.5. The van der Waals surface area contributed by atoms with Crippen molar-refractivity contribution >= 4 is 17.3 Å². The van der Waals surface area contributed by atoms with Crippen molar-refractivity contribution in [3.05, 3.63) is 48.4 Å². The Balaban J connectivity index is 1.58. The van der Waals surface area contributed by atoms with Crippen LogP contribution in [0.3, 0.4) is 0 Å². The summed E-state index contributed by atoms with van der Waals surface area (Å²) >= 11 is 0. The average Bonchev–Trinajstić information content (AvgIpc) is 3.00. The van der Waals surface area contributed by atoms with Crippen LogP contribution in [0.5, 0.6) is 5.75 Å². The number of hydrogen-bond donors (Lipinski definition) is 3. The molecule has 9 heteroatoms. The van der Waals surface area contributed by atoms with Gasteiger partial charge in [-0.15, -0.1) is 10.2 Å². The molecule has 0 bridgehead atoms. The molecule has 1 aliphatic heterocycles. The van der Waals surface area contributed by atoms with Gasteiger partial charge in [0.1, 0.15) is 11.6 Å². The van der Waals surface area contributed by atoms with Gasteiger partial charge in [0.15, 0.2) is 5.82 Å². The van der Waals surface area contributed by atoms with E-state index in [-0.39, 0.29) is 18.3 Å². The molecule has 32 heavy (non-hydrogen) atoms. The number of nitrogen functional groups attached to an aromatic ring is 1. The number of anilines is 3. The smallest absolute Gasteiger partial charge is 0.206 e. The Hall–Kier alpha value is -3.90. The van der Waals surface area contributed by atoms with Crippen molar-refractivity contribution in [1.82, 2.24) is 20.2 Å². The largest absolute Gasteiger partial charge is 0.507 e. The van der Waals surface area contributed by atoms with Crippen LogP contribution in [0.2, 0.25) is 0 Å². The summed E-state index contributed by atoms with van der Waals surface area (Å²) in [6.07, 6.45) is 2.63. The van der Waals surface area contributed by atoms with Crippen molar-refractivity contribution in [3.8, 4) is 28.8 Å². The van der Waals surface area contributed by atoms with Crippen molar-refractivity contribution in [2.24, 2.45) is 5.73 Å². The van der Waals surface area contributed by atoms with E-state index in [0.717, 1.165) is 37.6 Å². The SMILES string of the molecule is C[C@@H]1CCN(c2cc(-c3ccccc3O)nnc2N)CCN1c1ccnc(C#CCN)n1. The number of aromatic hydroxyl groups is 1. The van der Waals surface area contributed by atoms with Crippen LogP contribution < -0.4 is 21.3 Å². The zero-order valence-corrected chi connectivity index (χ0v) is 17.9. The molecular weight excluding hydrogens is 404 g/mol. The molecule has 3 aromatic rings. The van der Waals surface area contributed by atoms with E-state index >= 15 is 0 Å². The maximum atomic E-state index is 10.2. The Bertz CT molecular complexity index is 1160. The lowest BCUT2D eigenvalue weighted by Crippen LogP contribution is -2.35. The standard InChI is InChI=1S/C23H26N8O/c1-16-9-12-30(13-14-31(16)22-8-11-26-21(27-22)7-4-10-24)19-15-18(28-29-23(19)25)17-5-2-3-6-20(17)32/h2-3,5-6,8,11,15-16,32H,9-10,12-14,24H2,1H3,(H2,25,29)/t16-/m1/s1. The molecule has 164 valence electrons. The van der Waals surface area contributed by atoms with Gasteiger partial charge in [0.05, 0.1) is 17.9 Å². The second kappa shape index (κ2) is 9.49. The van der Waals surface area contributed by atoms with Crippen LogP contribution in [0.1, 0.15) is 19.2 Å². The fraction of sp³-hybridized carbons (Fsp3) is 0.304. The number of phenols is 1. The highest BCUT2D eigenvalue weighted by Crippen LogP contribution is 2.32. The van der Waals surface area contributed by atoms with Gasteiger partial charge in [0, 0.05) is 37.4 Å². The topological polar surface area (TPSA) is 130 Å². The third-order valence-corrected chi connectivity index (χ3v) is 5.52. The van der Waals surface area contributed by atoms with E-state index in [0.29, 0.717) is 22.9 Å². The van der Waals surface area contributed by atoms with Crippen LogP contribution in [-0.4, -0.2) is 57.5 Å². The van der Waals surface area contributed by atoms with Crippen LogP contribution in [0.25, 0.3) is 11.3 Å². The highest BCUT2D eigenvalue weighted by atomic mass is 16.3. The summed E-state index contributed by atoms with van der Waals surface area (Å²) in [5.41, 5.74) is 13.7. The summed E-state index contributed by atoms with van der Waals surface area (Å²) < 4.78 is 0. The molecule has 1 saturated heterocycles. The second-order valence-corrected chi connectivity index (χ2v) is 7.58. The normalized spacial score (nSPS) is 16.2. The maximum absolute atomic E-state index is 10.2. The number of nitrogens with zero attached hydrogens (tertiary/aromatic N) is 6. The fourth-order valence-corrected chi connectivity index (χ4v) is 3.81. The van der Waals surface area contributed by atoms with Crippen LogP contribution in [-0.2, 0) is 0 Å². The predicted molar refractivity (Wildman–Crippen MR) is 125 cm³/mol. The predicted octanol–water partition coefficient (Wildman–Crippen LogP) is 1.64. The molecule has 5 N–H and O–H groups in total. The fourth-order valence-electron chi connectivity index (χ4n) is 3.81. The molecule has 9 nitrogen and oxygen atoms in total.